The van der Waals surface area contributed by atoms with Gasteiger partial charge in [0.1, 0.15) is 18.1 Å². The van der Waals surface area contributed by atoms with Crippen molar-refractivity contribution in [2.45, 2.75) is 13.5 Å². The molecule has 0 aliphatic carbocycles. The molecule has 1 aliphatic heterocycles. The molecule has 1 fully saturated rings. The molecule has 5 rings (SSSR count). The normalized spacial score (nSPS) is 15.6. The maximum Gasteiger partial charge on any atom is 0.266 e. The van der Waals surface area contributed by atoms with Crippen LogP contribution >= 0.6 is 27.7 Å². The molecule has 37 heavy (non-hydrogen) atoms. The van der Waals surface area contributed by atoms with Crippen LogP contribution in [0.5, 0.6) is 11.5 Å². The molecule has 0 N–H and O–H groups in total. The van der Waals surface area contributed by atoms with Gasteiger partial charge in [-0.2, -0.15) is 0 Å². The van der Waals surface area contributed by atoms with Crippen LogP contribution in [-0.4, -0.2) is 29.6 Å². The number of halogens is 1. The van der Waals surface area contributed by atoms with Crippen LogP contribution < -0.4 is 9.47 Å². The van der Waals surface area contributed by atoms with Gasteiger partial charge in [-0.15, -0.1) is 0 Å². The van der Waals surface area contributed by atoms with Gasteiger partial charge in [-0.25, -0.2) is 4.99 Å². The Hall–Kier alpha value is -3.55. The molecular formula is C30H25BrN2O3S. The van der Waals surface area contributed by atoms with Gasteiger partial charge >= 0.3 is 0 Å². The molecule has 0 aromatic heterocycles. The van der Waals surface area contributed by atoms with E-state index in [9.17, 15) is 4.79 Å². The Bertz CT molecular complexity index is 1510. The second-order valence-corrected chi connectivity index (χ2v) is 10.2. The second kappa shape index (κ2) is 11.2. The molecule has 4 aromatic carbocycles. The summed E-state index contributed by atoms with van der Waals surface area (Å²) < 4.78 is 12.2. The fourth-order valence-electron chi connectivity index (χ4n) is 4.09. The highest BCUT2D eigenvalue weighted by atomic mass is 79.9. The van der Waals surface area contributed by atoms with E-state index in [-0.39, 0.29) is 5.91 Å². The van der Waals surface area contributed by atoms with Gasteiger partial charge in [-0.1, -0.05) is 48.5 Å². The van der Waals surface area contributed by atoms with E-state index in [1.54, 1.807) is 12.0 Å². The standard InChI is InChI=1S/C30H25BrN2O3S/c1-3-33-29(34)28(37-30(33)32-23-12-14-24(35-2)15-13-23)18-20-11-16-27(26(31)17-20)36-19-22-9-6-8-21-7-4-5-10-25(21)22/h4-18H,3,19H2,1-2H3/b28-18+,32-30?. The molecule has 0 spiro atoms. The average molecular weight is 574 g/mol. The number of amides is 1. The highest BCUT2D eigenvalue weighted by Gasteiger charge is 2.32. The van der Waals surface area contributed by atoms with E-state index in [4.69, 9.17) is 14.5 Å². The summed E-state index contributed by atoms with van der Waals surface area (Å²) in [5.74, 6) is 1.46. The molecule has 4 aromatic rings. The maximum absolute atomic E-state index is 13.1. The zero-order chi connectivity index (χ0) is 25.8. The van der Waals surface area contributed by atoms with Crippen molar-refractivity contribution in [3.05, 3.63) is 105 Å². The van der Waals surface area contributed by atoms with E-state index in [0.717, 1.165) is 32.8 Å². The largest absolute Gasteiger partial charge is 0.497 e. The average Bonchev–Trinajstić information content (AvgIpc) is 3.21. The lowest BCUT2D eigenvalue weighted by atomic mass is 10.1. The molecule has 1 amide bonds. The van der Waals surface area contributed by atoms with Gasteiger partial charge in [-0.3, -0.25) is 9.69 Å². The van der Waals surface area contributed by atoms with Crippen LogP contribution in [0.15, 0.2) is 99.3 Å². The fraction of sp³-hybridized carbons (Fsp3) is 0.133. The molecule has 7 heteroatoms. The minimum Gasteiger partial charge on any atom is -0.497 e. The minimum atomic E-state index is -0.0489. The van der Waals surface area contributed by atoms with Crippen LogP contribution in [0.2, 0.25) is 0 Å². The number of ether oxygens (including phenoxy) is 2. The number of benzene rings is 4. The topological polar surface area (TPSA) is 51.1 Å². The number of nitrogens with zero attached hydrogens (tertiary/aromatic N) is 2. The number of amidine groups is 1. The van der Waals surface area contributed by atoms with Gasteiger partial charge < -0.3 is 9.47 Å². The van der Waals surface area contributed by atoms with Gasteiger partial charge in [0.15, 0.2) is 5.17 Å². The van der Waals surface area contributed by atoms with Crippen LogP contribution in [0.1, 0.15) is 18.1 Å². The summed E-state index contributed by atoms with van der Waals surface area (Å²) in [6.07, 6.45) is 1.89. The summed E-state index contributed by atoms with van der Waals surface area (Å²) in [7, 11) is 1.63. The Morgan fingerprint density at radius 3 is 2.54 bits per heavy atom. The smallest absolute Gasteiger partial charge is 0.266 e. The second-order valence-electron chi connectivity index (χ2n) is 8.37. The summed E-state index contributed by atoms with van der Waals surface area (Å²) in [5, 5.41) is 3.05. The lowest BCUT2D eigenvalue weighted by molar-refractivity contribution is -0.122. The highest BCUT2D eigenvalue weighted by molar-refractivity contribution is 9.10. The Balaban J connectivity index is 1.33. The lowest BCUT2D eigenvalue weighted by Crippen LogP contribution is -2.28. The van der Waals surface area contributed by atoms with E-state index in [0.29, 0.717) is 23.2 Å². The summed E-state index contributed by atoms with van der Waals surface area (Å²) in [4.78, 5) is 20.1. The number of fused-ring (bicyclic) bond motifs is 1. The number of carbonyl (C=O) groups excluding carboxylic acids is 1. The number of aliphatic imine (C=N–C) groups is 1. The molecule has 1 aliphatic rings. The van der Waals surface area contributed by atoms with E-state index >= 15 is 0 Å². The van der Waals surface area contributed by atoms with Crippen LogP contribution in [0.4, 0.5) is 5.69 Å². The van der Waals surface area contributed by atoms with Crippen molar-refractivity contribution in [1.29, 1.82) is 0 Å². The zero-order valence-electron chi connectivity index (χ0n) is 20.5. The molecule has 0 radical (unpaired) electrons. The molecule has 0 atom stereocenters. The minimum absolute atomic E-state index is 0.0489. The van der Waals surface area contributed by atoms with Crippen molar-refractivity contribution < 1.29 is 14.3 Å². The van der Waals surface area contributed by atoms with Crippen molar-refractivity contribution in [3.63, 3.8) is 0 Å². The van der Waals surface area contributed by atoms with Crippen molar-refractivity contribution in [2.75, 3.05) is 13.7 Å². The van der Waals surface area contributed by atoms with Crippen molar-refractivity contribution in [3.8, 4) is 11.5 Å². The fourth-order valence-corrected chi connectivity index (χ4v) is 5.66. The quantitative estimate of drug-likeness (QED) is 0.212. The first-order valence-corrected chi connectivity index (χ1v) is 13.5. The van der Waals surface area contributed by atoms with Gasteiger partial charge in [-0.05, 0) is 99.0 Å². The third-order valence-electron chi connectivity index (χ3n) is 6.02. The van der Waals surface area contributed by atoms with Gasteiger partial charge in [0.2, 0.25) is 0 Å². The monoisotopic (exact) mass is 572 g/mol. The molecule has 0 unspecified atom stereocenters. The number of hydrogen-bond donors (Lipinski definition) is 0. The van der Waals surface area contributed by atoms with Crippen LogP contribution in [0, 0.1) is 0 Å². The molecule has 1 heterocycles. The van der Waals surface area contributed by atoms with E-state index in [2.05, 4.69) is 40.2 Å². The summed E-state index contributed by atoms with van der Waals surface area (Å²) in [6, 6.07) is 27.8. The van der Waals surface area contributed by atoms with Crippen LogP contribution in [0.25, 0.3) is 16.8 Å². The molecule has 0 saturated carbocycles. The number of hydrogen-bond acceptors (Lipinski definition) is 5. The van der Waals surface area contributed by atoms with E-state index in [1.165, 1.54) is 22.5 Å². The third-order valence-corrected chi connectivity index (χ3v) is 7.64. The van der Waals surface area contributed by atoms with Crippen molar-refractivity contribution >= 4 is 61.3 Å². The van der Waals surface area contributed by atoms with Gasteiger partial charge in [0.05, 0.1) is 22.2 Å². The number of methoxy groups -OCH3 is 1. The Morgan fingerprint density at radius 1 is 1.00 bits per heavy atom. The molecule has 5 nitrogen and oxygen atoms in total. The first-order chi connectivity index (χ1) is 18.1. The molecular weight excluding hydrogens is 548 g/mol. The van der Waals surface area contributed by atoms with Crippen LogP contribution in [0.3, 0.4) is 0 Å². The summed E-state index contributed by atoms with van der Waals surface area (Å²) in [6.45, 7) is 2.96. The third kappa shape index (κ3) is 5.58. The molecule has 186 valence electrons. The summed E-state index contributed by atoms with van der Waals surface area (Å²) in [5.41, 5.74) is 2.81. The zero-order valence-corrected chi connectivity index (χ0v) is 22.9. The highest BCUT2D eigenvalue weighted by Crippen LogP contribution is 2.35. The van der Waals surface area contributed by atoms with Crippen molar-refractivity contribution in [1.82, 2.24) is 4.90 Å². The summed E-state index contributed by atoms with van der Waals surface area (Å²) >= 11 is 5.02. The Morgan fingerprint density at radius 2 is 1.78 bits per heavy atom. The predicted molar refractivity (Wildman–Crippen MR) is 155 cm³/mol. The first kappa shape index (κ1) is 25.1. The van der Waals surface area contributed by atoms with E-state index in [1.807, 2.05) is 73.7 Å². The van der Waals surface area contributed by atoms with Gasteiger partial charge in [0.25, 0.3) is 5.91 Å². The van der Waals surface area contributed by atoms with Crippen molar-refractivity contribution in [2.24, 2.45) is 4.99 Å². The van der Waals surface area contributed by atoms with E-state index < -0.39 is 0 Å². The molecule has 1 saturated heterocycles. The predicted octanol–water partition coefficient (Wildman–Crippen LogP) is 7.81. The SMILES string of the molecule is CCN1C(=O)/C(=C\c2ccc(OCc3cccc4ccccc34)c(Br)c2)SC1=Nc1ccc(OC)cc1. The molecule has 0 bridgehead atoms. The Kier molecular flexibility index (Phi) is 7.63. The number of thioether (sulfide) groups is 1. The van der Waals surface area contributed by atoms with Gasteiger partial charge in [0, 0.05) is 6.54 Å². The lowest BCUT2D eigenvalue weighted by Gasteiger charge is -2.12. The number of carbonyl (C=O) groups is 1. The Labute approximate surface area is 228 Å². The maximum atomic E-state index is 13.1. The first-order valence-electron chi connectivity index (χ1n) is 11.9. The number of rotatable bonds is 7. The van der Waals surface area contributed by atoms with Crippen LogP contribution in [-0.2, 0) is 11.4 Å². The number of likely N-dealkylation sites (N-methyl/N-ethyl adjacent to an activating group) is 1.